The normalized spacial score (nSPS) is 11.4. The van der Waals surface area contributed by atoms with E-state index >= 15 is 0 Å². The van der Waals surface area contributed by atoms with Crippen LogP contribution in [0.1, 0.15) is 11.3 Å². The number of nitrogens with one attached hydrogen (secondary N) is 1. The summed E-state index contributed by atoms with van der Waals surface area (Å²) >= 11 is 9.04. The Balaban J connectivity index is 2.02. The quantitative estimate of drug-likeness (QED) is 0.812. The summed E-state index contributed by atoms with van der Waals surface area (Å²) in [6.07, 6.45) is -3.25. The summed E-state index contributed by atoms with van der Waals surface area (Å²) in [5.74, 6) is 0.526. The highest BCUT2D eigenvalue weighted by atomic mass is 79.9. The highest BCUT2D eigenvalue weighted by Gasteiger charge is 2.31. The van der Waals surface area contributed by atoms with E-state index in [1.165, 1.54) is 12.3 Å². The highest BCUT2D eigenvalue weighted by molar-refractivity contribution is 9.10. The van der Waals surface area contributed by atoms with Crippen LogP contribution in [0.4, 0.5) is 19.0 Å². The van der Waals surface area contributed by atoms with Gasteiger partial charge in [0.25, 0.3) is 0 Å². The number of pyridine rings is 2. The van der Waals surface area contributed by atoms with Crippen LogP contribution in [-0.4, -0.2) is 9.97 Å². The second-order valence-electron chi connectivity index (χ2n) is 3.87. The molecular weight excluding hydrogens is 359 g/mol. The molecule has 0 amide bonds. The molecule has 0 saturated carbocycles. The smallest absolute Gasteiger partial charge is 0.366 e. The Morgan fingerprint density at radius 3 is 2.50 bits per heavy atom. The molecule has 2 heterocycles. The van der Waals surface area contributed by atoms with Crippen molar-refractivity contribution < 1.29 is 13.2 Å². The number of hydrogen-bond acceptors (Lipinski definition) is 3. The van der Waals surface area contributed by atoms with Crippen molar-refractivity contribution >= 4 is 33.3 Å². The second kappa shape index (κ2) is 5.97. The van der Waals surface area contributed by atoms with Gasteiger partial charge in [-0.3, -0.25) is 4.98 Å². The second-order valence-corrected chi connectivity index (χ2v) is 5.08. The lowest BCUT2D eigenvalue weighted by atomic mass is 10.2. The van der Waals surface area contributed by atoms with Gasteiger partial charge in [-0.05, 0) is 39.7 Å². The number of rotatable bonds is 3. The highest BCUT2D eigenvalue weighted by Crippen LogP contribution is 2.27. The van der Waals surface area contributed by atoms with E-state index < -0.39 is 11.9 Å². The average molecular weight is 367 g/mol. The lowest BCUT2D eigenvalue weighted by Crippen LogP contribution is -2.08. The first-order chi connectivity index (χ1) is 9.36. The summed E-state index contributed by atoms with van der Waals surface area (Å²) in [7, 11) is 0. The fourth-order valence-electron chi connectivity index (χ4n) is 1.41. The third kappa shape index (κ3) is 3.83. The Labute approximate surface area is 126 Å². The van der Waals surface area contributed by atoms with Gasteiger partial charge in [-0.2, -0.15) is 13.2 Å². The molecule has 106 valence electrons. The topological polar surface area (TPSA) is 37.8 Å². The predicted molar refractivity (Wildman–Crippen MR) is 73.5 cm³/mol. The van der Waals surface area contributed by atoms with Crippen LogP contribution in [0, 0.1) is 0 Å². The Hall–Kier alpha value is -1.34. The molecule has 20 heavy (non-hydrogen) atoms. The van der Waals surface area contributed by atoms with Crippen LogP contribution < -0.4 is 5.32 Å². The van der Waals surface area contributed by atoms with Crippen molar-refractivity contribution in [1.29, 1.82) is 0 Å². The van der Waals surface area contributed by atoms with E-state index in [4.69, 9.17) is 11.6 Å². The number of hydrogen-bond donors (Lipinski definition) is 1. The number of aromatic nitrogens is 2. The number of halogens is 5. The van der Waals surface area contributed by atoms with Gasteiger partial charge < -0.3 is 5.32 Å². The Kier molecular flexibility index (Phi) is 4.49. The molecule has 0 bridgehead atoms. The summed E-state index contributed by atoms with van der Waals surface area (Å²) in [5, 5.41) is 3.26. The van der Waals surface area contributed by atoms with Gasteiger partial charge >= 0.3 is 6.18 Å². The van der Waals surface area contributed by atoms with Crippen molar-refractivity contribution in [3.8, 4) is 0 Å². The van der Waals surface area contributed by atoms with Crippen molar-refractivity contribution in [2.24, 2.45) is 0 Å². The minimum Gasteiger partial charge on any atom is -0.366 e. The first-order valence-electron chi connectivity index (χ1n) is 5.44. The van der Waals surface area contributed by atoms with E-state index in [-0.39, 0.29) is 0 Å². The molecule has 0 aromatic carbocycles. The van der Waals surface area contributed by atoms with Crippen LogP contribution in [0.15, 0.2) is 34.9 Å². The van der Waals surface area contributed by atoms with E-state index in [1.54, 1.807) is 12.1 Å². The third-order valence-electron chi connectivity index (χ3n) is 2.39. The van der Waals surface area contributed by atoms with Gasteiger partial charge in [-0.25, -0.2) is 4.98 Å². The van der Waals surface area contributed by atoms with Crippen molar-refractivity contribution in [3.05, 3.63) is 51.3 Å². The molecule has 0 radical (unpaired) electrons. The van der Waals surface area contributed by atoms with Crippen molar-refractivity contribution in [1.82, 2.24) is 9.97 Å². The molecule has 2 aromatic heterocycles. The number of anilines is 1. The number of nitrogens with zero attached hydrogens (tertiary/aromatic N) is 2. The minimum absolute atomic E-state index is 0.302. The zero-order chi connectivity index (χ0) is 14.8. The van der Waals surface area contributed by atoms with Gasteiger partial charge in [-0.1, -0.05) is 17.7 Å². The molecule has 1 N–H and O–H groups in total. The first kappa shape index (κ1) is 15.1. The van der Waals surface area contributed by atoms with E-state index in [9.17, 15) is 13.2 Å². The van der Waals surface area contributed by atoms with E-state index in [1.807, 2.05) is 0 Å². The molecule has 0 aliphatic carbocycles. The van der Waals surface area contributed by atoms with Gasteiger partial charge in [0.05, 0.1) is 4.47 Å². The van der Waals surface area contributed by atoms with Crippen LogP contribution in [0.2, 0.25) is 5.15 Å². The molecule has 3 nitrogen and oxygen atoms in total. The molecule has 2 aromatic rings. The van der Waals surface area contributed by atoms with Crippen molar-refractivity contribution in [2.45, 2.75) is 12.7 Å². The molecule has 0 fully saturated rings. The van der Waals surface area contributed by atoms with E-state index in [0.29, 0.717) is 27.6 Å². The number of alkyl halides is 3. The zero-order valence-electron chi connectivity index (χ0n) is 9.88. The Bertz CT molecular complexity index is 602. The summed E-state index contributed by atoms with van der Waals surface area (Å²) in [6, 6.07) is 5.73. The van der Waals surface area contributed by atoms with Gasteiger partial charge in [0.1, 0.15) is 16.7 Å². The van der Waals surface area contributed by atoms with Gasteiger partial charge in [-0.15, -0.1) is 0 Å². The summed E-state index contributed by atoms with van der Waals surface area (Å²) in [5.41, 5.74) is -0.301. The monoisotopic (exact) mass is 365 g/mol. The largest absolute Gasteiger partial charge is 0.433 e. The van der Waals surface area contributed by atoms with Gasteiger partial charge in [0, 0.05) is 12.7 Å². The zero-order valence-corrected chi connectivity index (χ0v) is 12.2. The fourth-order valence-corrected chi connectivity index (χ4v) is 1.78. The molecule has 0 spiro atoms. The standard InChI is InChI=1S/C12H8BrClF3N3/c13-8-2-4-10(20-11(8)14)19-6-7-1-3-9(18-5-7)12(15,16)17/h1-5H,6H2,(H,19,20). The minimum atomic E-state index is -4.42. The lowest BCUT2D eigenvalue weighted by molar-refractivity contribution is -0.141. The van der Waals surface area contributed by atoms with E-state index in [2.05, 4.69) is 31.2 Å². The van der Waals surface area contributed by atoms with Crippen LogP contribution in [0.3, 0.4) is 0 Å². The maximum absolute atomic E-state index is 12.3. The first-order valence-corrected chi connectivity index (χ1v) is 6.61. The third-order valence-corrected chi connectivity index (χ3v) is 3.55. The molecule has 0 saturated heterocycles. The summed E-state index contributed by atoms with van der Waals surface area (Å²) < 4.78 is 37.7. The molecule has 2 rings (SSSR count). The average Bonchev–Trinajstić information content (AvgIpc) is 2.40. The van der Waals surface area contributed by atoms with Crippen LogP contribution in [0.25, 0.3) is 0 Å². The van der Waals surface area contributed by atoms with E-state index in [0.717, 1.165) is 6.07 Å². The lowest BCUT2D eigenvalue weighted by Gasteiger charge is -2.08. The Morgan fingerprint density at radius 2 is 1.95 bits per heavy atom. The SMILES string of the molecule is FC(F)(F)c1ccc(CNc2ccc(Br)c(Cl)n2)cn1. The summed E-state index contributed by atoms with van der Waals surface area (Å²) in [6.45, 7) is 0.302. The van der Waals surface area contributed by atoms with Crippen molar-refractivity contribution in [3.63, 3.8) is 0 Å². The van der Waals surface area contributed by atoms with Crippen molar-refractivity contribution in [2.75, 3.05) is 5.32 Å². The summed E-state index contributed by atoms with van der Waals surface area (Å²) in [4.78, 5) is 7.43. The molecule has 0 aliphatic heterocycles. The van der Waals surface area contributed by atoms with Crippen LogP contribution in [0.5, 0.6) is 0 Å². The van der Waals surface area contributed by atoms with Crippen LogP contribution in [-0.2, 0) is 12.7 Å². The molecule has 8 heteroatoms. The molecule has 0 unspecified atom stereocenters. The maximum Gasteiger partial charge on any atom is 0.433 e. The molecular formula is C12H8BrClF3N3. The van der Waals surface area contributed by atoms with Gasteiger partial charge in [0.15, 0.2) is 0 Å². The fraction of sp³-hybridized carbons (Fsp3) is 0.167. The van der Waals surface area contributed by atoms with Crippen LogP contribution >= 0.6 is 27.5 Å². The Morgan fingerprint density at radius 1 is 1.20 bits per heavy atom. The molecule has 0 atom stereocenters. The predicted octanol–water partition coefficient (Wildman–Crippen LogP) is 4.52. The van der Waals surface area contributed by atoms with Gasteiger partial charge in [0.2, 0.25) is 0 Å². The maximum atomic E-state index is 12.3. The molecule has 0 aliphatic rings.